The highest BCUT2D eigenvalue weighted by molar-refractivity contribution is 5.90. The van der Waals surface area contributed by atoms with Crippen LogP contribution in [0.2, 0.25) is 0 Å². The molecule has 6 nitrogen and oxygen atoms in total. The van der Waals surface area contributed by atoms with Gasteiger partial charge in [0.15, 0.2) is 0 Å². The van der Waals surface area contributed by atoms with Crippen molar-refractivity contribution in [2.45, 2.75) is 25.8 Å². The summed E-state index contributed by atoms with van der Waals surface area (Å²) in [5.41, 5.74) is 3.99. The van der Waals surface area contributed by atoms with E-state index in [-0.39, 0.29) is 0 Å². The van der Waals surface area contributed by atoms with Gasteiger partial charge in [0, 0.05) is 5.56 Å². The van der Waals surface area contributed by atoms with E-state index in [9.17, 15) is 9.59 Å². The fourth-order valence-electron chi connectivity index (χ4n) is 2.63. The van der Waals surface area contributed by atoms with Crippen molar-refractivity contribution in [1.82, 2.24) is 10.4 Å². The highest BCUT2D eigenvalue weighted by atomic mass is 16.7. The maximum atomic E-state index is 12.2. The summed E-state index contributed by atoms with van der Waals surface area (Å²) in [4.78, 5) is 28.5. The lowest BCUT2D eigenvalue weighted by molar-refractivity contribution is -0.139. The predicted octanol–water partition coefficient (Wildman–Crippen LogP) is 1.77. The van der Waals surface area contributed by atoms with Crippen LogP contribution in [0.15, 0.2) is 29.8 Å². The van der Waals surface area contributed by atoms with Gasteiger partial charge in [0.1, 0.15) is 6.04 Å². The van der Waals surface area contributed by atoms with E-state index in [1.807, 2.05) is 24.3 Å². The zero-order valence-electron chi connectivity index (χ0n) is 11.6. The number of fused-ring (bicyclic) bond motifs is 2. The Labute approximate surface area is 122 Å². The smallest absolute Gasteiger partial charge is 0.346 e. The molecule has 2 N–H and O–H groups in total. The van der Waals surface area contributed by atoms with Gasteiger partial charge in [-0.25, -0.2) is 4.79 Å². The van der Waals surface area contributed by atoms with Crippen molar-refractivity contribution in [3.63, 3.8) is 0 Å². The van der Waals surface area contributed by atoms with Gasteiger partial charge in [-0.1, -0.05) is 24.3 Å². The first-order valence-corrected chi connectivity index (χ1v) is 6.84. The standard InChI is InChI=1S/C15H16N2O4/c1-9(14(18)19)16-15(20)17-13-11(8-21-17)7-6-10-4-2-3-5-12(10)13/h2-5,9H,6-8H2,1H3,(H,16,20)(H,18,19)/t9-/m0/s1. The molecule has 2 amide bonds. The van der Waals surface area contributed by atoms with Gasteiger partial charge in [-0.05, 0) is 30.9 Å². The molecule has 1 aliphatic carbocycles. The van der Waals surface area contributed by atoms with Gasteiger partial charge in [-0.2, -0.15) is 5.06 Å². The van der Waals surface area contributed by atoms with Gasteiger partial charge in [-0.3, -0.25) is 9.63 Å². The first-order valence-electron chi connectivity index (χ1n) is 6.84. The Morgan fingerprint density at radius 1 is 1.33 bits per heavy atom. The second kappa shape index (κ2) is 5.21. The predicted molar refractivity (Wildman–Crippen MR) is 75.1 cm³/mol. The molecule has 110 valence electrons. The molecule has 0 spiro atoms. The van der Waals surface area contributed by atoms with E-state index in [1.54, 1.807) is 0 Å². The molecule has 1 atom stereocenters. The Morgan fingerprint density at radius 2 is 2.10 bits per heavy atom. The molecule has 1 aromatic carbocycles. The van der Waals surface area contributed by atoms with Crippen LogP contribution in [0, 0.1) is 0 Å². The van der Waals surface area contributed by atoms with Gasteiger partial charge in [0.05, 0.1) is 12.3 Å². The van der Waals surface area contributed by atoms with Crippen LogP contribution in [0.3, 0.4) is 0 Å². The number of amides is 2. The normalized spacial score (nSPS) is 18.0. The first-order chi connectivity index (χ1) is 10.1. The van der Waals surface area contributed by atoms with E-state index in [0.29, 0.717) is 6.61 Å². The Balaban J connectivity index is 1.88. The largest absolute Gasteiger partial charge is 0.480 e. The van der Waals surface area contributed by atoms with E-state index in [2.05, 4.69) is 5.32 Å². The van der Waals surface area contributed by atoms with Crippen molar-refractivity contribution >= 4 is 17.7 Å². The molecule has 1 aliphatic heterocycles. The summed E-state index contributed by atoms with van der Waals surface area (Å²) in [5.74, 6) is -1.08. The van der Waals surface area contributed by atoms with E-state index in [1.165, 1.54) is 17.6 Å². The number of nitrogens with zero attached hydrogens (tertiary/aromatic N) is 1. The molecule has 0 bridgehead atoms. The number of benzene rings is 1. The van der Waals surface area contributed by atoms with Crippen molar-refractivity contribution in [3.05, 3.63) is 41.0 Å². The van der Waals surface area contributed by atoms with Gasteiger partial charge in [-0.15, -0.1) is 0 Å². The number of aryl methyl sites for hydroxylation is 1. The van der Waals surface area contributed by atoms with E-state index in [0.717, 1.165) is 29.7 Å². The third kappa shape index (κ3) is 2.38. The summed E-state index contributed by atoms with van der Waals surface area (Å²) in [6.07, 6.45) is 1.78. The quantitative estimate of drug-likeness (QED) is 0.869. The number of hydrogen-bond donors (Lipinski definition) is 2. The maximum absolute atomic E-state index is 12.2. The van der Waals surface area contributed by atoms with Crippen LogP contribution in [0.1, 0.15) is 24.5 Å². The number of carboxylic acids is 1. The van der Waals surface area contributed by atoms with E-state index >= 15 is 0 Å². The average molecular weight is 288 g/mol. The first kappa shape index (κ1) is 13.6. The molecule has 3 rings (SSSR count). The number of nitrogens with one attached hydrogen (secondary N) is 1. The molecule has 0 unspecified atom stereocenters. The molecule has 0 radical (unpaired) electrons. The molecule has 0 saturated carbocycles. The summed E-state index contributed by atoms with van der Waals surface area (Å²) in [6.45, 7) is 1.79. The molecular formula is C15H16N2O4. The number of carboxylic acid groups (broad SMARTS) is 1. The Morgan fingerprint density at radius 3 is 2.86 bits per heavy atom. The van der Waals surface area contributed by atoms with Crippen LogP contribution >= 0.6 is 0 Å². The number of rotatable bonds is 2. The third-order valence-corrected chi connectivity index (χ3v) is 3.77. The van der Waals surface area contributed by atoms with Gasteiger partial charge >= 0.3 is 12.0 Å². The zero-order chi connectivity index (χ0) is 15.0. The monoisotopic (exact) mass is 288 g/mol. The van der Waals surface area contributed by atoms with Crippen molar-refractivity contribution < 1.29 is 19.5 Å². The fourth-order valence-corrected chi connectivity index (χ4v) is 2.63. The number of hydroxylamine groups is 2. The SMILES string of the molecule is C[C@H](NC(=O)N1OCC2=C1c1ccccc1CC2)C(=O)O. The van der Waals surface area contributed by atoms with Crippen LogP contribution in [-0.2, 0) is 16.1 Å². The van der Waals surface area contributed by atoms with Crippen LogP contribution in [0.5, 0.6) is 0 Å². The summed E-state index contributed by atoms with van der Waals surface area (Å²) in [7, 11) is 0. The topological polar surface area (TPSA) is 78.9 Å². The number of hydrogen-bond acceptors (Lipinski definition) is 3. The lowest BCUT2D eigenvalue weighted by Gasteiger charge is -2.24. The molecule has 1 heterocycles. The Hall–Kier alpha value is -2.34. The fraction of sp³-hybridized carbons (Fsp3) is 0.333. The second-order valence-electron chi connectivity index (χ2n) is 5.19. The Bertz CT molecular complexity index is 638. The summed E-state index contributed by atoms with van der Waals surface area (Å²) < 4.78 is 0. The van der Waals surface area contributed by atoms with Crippen LogP contribution in [0.25, 0.3) is 5.70 Å². The highest BCUT2D eigenvalue weighted by Crippen LogP contribution is 2.37. The van der Waals surface area contributed by atoms with E-state index < -0.39 is 18.0 Å². The van der Waals surface area contributed by atoms with Crippen molar-refractivity contribution in [2.24, 2.45) is 0 Å². The molecule has 0 saturated heterocycles. The second-order valence-corrected chi connectivity index (χ2v) is 5.19. The minimum absolute atomic E-state index is 0.374. The number of carbonyl (C=O) groups is 2. The molecule has 6 heteroatoms. The van der Waals surface area contributed by atoms with Crippen molar-refractivity contribution in [3.8, 4) is 0 Å². The lowest BCUT2D eigenvalue weighted by Crippen LogP contribution is -2.45. The molecule has 1 aromatic rings. The Kier molecular flexibility index (Phi) is 3.39. The number of carbonyl (C=O) groups excluding carboxylic acids is 1. The molecule has 0 aromatic heterocycles. The van der Waals surface area contributed by atoms with Crippen LogP contribution in [-0.4, -0.2) is 34.8 Å². The number of aliphatic carboxylic acids is 1. The van der Waals surface area contributed by atoms with Gasteiger partial charge in [0.25, 0.3) is 0 Å². The zero-order valence-corrected chi connectivity index (χ0v) is 11.6. The molecule has 2 aliphatic rings. The van der Waals surface area contributed by atoms with Gasteiger partial charge < -0.3 is 10.4 Å². The summed E-state index contributed by atoms with van der Waals surface area (Å²) in [6, 6.07) is 6.36. The maximum Gasteiger partial charge on any atom is 0.346 e. The van der Waals surface area contributed by atoms with Crippen LogP contribution < -0.4 is 5.32 Å². The molecular weight excluding hydrogens is 272 g/mol. The minimum Gasteiger partial charge on any atom is -0.480 e. The minimum atomic E-state index is -1.08. The van der Waals surface area contributed by atoms with Crippen molar-refractivity contribution in [2.75, 3.05) is 6.61 Å². The van der Waals surface area contributed by atoms with Crippen molar-refractivity contribution in [1.29, 1.82) is 0 Å². The van der Waals surface area contributed by atoms with Gasteiger partial charge in [0.2, 0.25) is 0 Å². The summed E-state index contributed by atoms with van der Waals surface area (Å²) in [5, 5.41) is 12.5. The highest BCUT2D eigenvalue weighted by Gasteiger charge is 2.34. The lowest BCUT2D eigenvalue weighted by atomic mass is 9.90. The van der Waals surface area contributed by atoms with Crippen LogP contribution in [0.4, 0.5) is 4.79 Å². The number of urea groups is 1. The summed E-state index contributed by atoms with van der Waals surface area (Å²) >= 11 is 0. The van der Waals surface area contributed by atoms with E-state index in [4.69, 9.17) is 9.94 Å². The third-order valence-electron chi connectivity index (χ3n) is 3.77. The molecule has 21 heavy (non-hydrogen) atoms. The average Bonchev–Trinajstić information content (AvgIpc) is 2.91. The molecule has 0 fully saturated rings.